The molecule has 1 aromatic rings. The molecule has 0 atom stereocenters. The monoisotopic (exact) mass is 281 g/mol. The minimum atomic E-state index is 0.0329. The largest absolute Gasteiger partial charge is 0.347 e. The van der Waals surface area contributed by atoms with E-state index in [1.165, 1.54) is 12.0 Å². The third kappa shape index (κ3) is 2.46. The maximum atomic E-state index is 11.9. The maximum absolute atomic E-state index is 11.9. The average molecular weight is 282 g/mol. The van der Waals surface area contributed by atoms with E-state index in [9.17, 15) is 4.79 Å². The number of alkyl halides is 1. The van der Waals surface area contributed by atoms with Gasteiger partial charge in [-0.1, -0.05) is 28.1 Å². The fourth-order valence-corrected chi connectivity index (χ4v) is 2.30. The van der Waals surface area contributed by atoms with Gasteiger partial charge in [0.25, 0.3) is 5.91 Å². The number of amides is 1. The van der Waals surface area contributed by atoms with Crippen molar-refractivity contribution >= 4 is 21.8 Å². The summed E-state index contributed by atoms with van der Waals surface area (Å²) < 4.78 is 0. The van der Waals surface area contributed by atoms with Crippen LogP contribution >= 0.6 is 15.9 Å². The van der Waals surface area contributed by atoms with Crippen LogP contribution in [0.4, 0.5) is 0 Å². The lowest BCUT2D eigenvalue weighted by atomic mass is 9.78. The van der Waals surface area contributed by atoms with Crippen LogP contribution in [0.2, 0.25) is 0 Å². The van der Waals surface area contributed by atoms with Crippen LogP contribution in [0.15, 0.2) is 24.3 Å². The van der Waals surface area contributed by atoms with E-state index in [1.807, 2.05) is 24.3 Å². The summed E-state index contributed by atoms with van der Waals surface area (Å²) in [5, 5.41) is 3.92. The Morgan fingerprint density at radius 2 is 2.00 bits per heavy atom. The van der Waals surface area contributed by atoms with Crippen LogP contribution in [-0.4, -0.2) is 11.4 Å². The molecule has 1 aliphatic rings. The van der Waals surface area contributed by atoms with Gasteiger partial charge in [0, 0.05) is 16.4 Å². The molecule has 2 nitrogen and oxygen atoms in total. The first-order chi connectivity index (χ1) is 7.63. The van der Waals surface area contributed by atoms with E-state index in [0.717, 1.165) is 23.7 Å². The Labute approximate surface area is 105 Å². The number of carbonyl (C=O) groups is 1. The standard InChI is InChI=1S/C13H16BrNO/c1-13(7-2-8-13)15-12(16)11-5-3-10(9-14)4-6-11/h3-6H,2,7-9H2,1H3,(H,15,16). The van der Waals surface area contributed by atoms with Gasteiger partial charge in [-0.25, -0.2) is 0 Å². The van der Waals surface area contributed by atoms with Crippen molar-refractivity contribution in [2.24, 2.45) is 0 Å². The molecule has 0 heterocycles. The first-order valence-corrected chi connectivity index (χ1v) is 6.72. The minimum Gasteiger partial charge on any atom is -0.347 e. The van der Waals surface area contributed by atoms with E-state index in [4.69, 9.17) is 0 Å². The number of rotatable bonds is 3. The Hall–Kier alpha value is -0.830. The Kier molecular flexibility index (Phi) is 3.33. The topological polar surface area (TPSA) is 29.1 Å². The fourth-order valence-electron chi connectivity index (χ4n) is 1.92. The zero-order chi connectivity index (χ0) is 11.6. The number of nitrogens with one attached hydrogen (secondary N) is 1. The Balaban J connectivity index is 2.03. The Morgan fingerprint density at radius 3 is 2.44 bits per heavy atom. The normalized spacial score (nSPS) is 17.6. The molecule has 0 aliphatic heterocycles. The molecule has 0 radical (unpaired) electrons. The second kappa shape index (κ2) is 4.58. The molecule has 0 bridgehead atoms. The van der Waals surface area contributed by atoms with E-state index in [1.54, 1.807) is 0 Å². The molecule has 16 heavy (non-hydrogen) atoms. The molecule has 2 rings (SSSR count). The second-order valence-corrected chi connectivity index (χ2v) is 5.26. The summed E-state index contributed by atoms with van der Waals surface area (Å²) in [6, 6.07) is 7.72. The number of hydrogen-bond acceptors (Lipinski definition) is 1. The molecule has 86 valence electrons. The van der Waals surface area contributed by atoms with Gasteiger partial charge >= 0.3 is 0 Å². The van der Waals surface area contributed by atoms with E-state index in [0.29, 0.717) is 0 Å². The molecule has 0 spiro atoms. The summed E-state index contributed by atoms with van der Waals surface area (Å²) in [7, 11) is 0. The third-order valence-corrected chi connectivity index (χ3v) is 3.89. The predicted molar refractivity (Wildman–Crippen MR) is 68.8 cm³/mol. The van der Waals surface area contributed by atoms with Gasteiger partial charge in [-0.15, -0.1) is 0 Å². The molecule has 1 fully saturated rings. The second-order valence-electron chi connectivity index (χ2n) is 4.70. The zero-order valence-electron chi connectivity index (χ0n) is 9.42. The molecule has 1 N–H and O–H groups in total. The van der Waals surface area contributed by atoms with Crippen LogP contribution < -0.4 is 5.32 Å². The quantitative estimate of drug-likeness (QED) is 0.847. The van der Waals surface area contributed by atoms with Crippen molar-refractivity contribution in [3.63, 3.8) is 0 Å². The van der Waals surface area contributed by atoms with Crippen LogP contribution in [-0.2, 0) is 5.33 Å². The number of hydrogen-bond donors (Lipinski definition) is 1. The molecule has 1 aromatic carbocycles. The van der Waals surface area contributed by atoms with Gasteiger partial charge in [-0.3, -0.25) is 4.79 Å². The highest BCUT2D eigenvalue weighted by Crippen LogP contribution is 2.31. The van der Waals surface area contributed by atoms with Gasteiger partial charge in [0.05, 0.1) is 0 Å². The Bertz CT molecular complexity index is 381. The zero-order valence-corrected chi connectivity index (χ0v) is 11.0. The summed E-state index contributed by atoms with van der Waals surface area (Å²) >= 11 is 3.39. The fraction of sp³-hybridized carbons (Fsp3) is 0.462. The van der Waals surface area contributed by atoms with E-state index in [2.05, 4.69) is 28.2 Å². The van der Waals surface area contributed by atoms with Gasteiger partial charge in [-0.2, -0.15) is 0 Å². The lowest BCUT2D eigenvalue weighted by molar-refractivity contribution is 0.0850. The van der Waals surface area contributed by atoms with Gasteiger partial charge in [-0.05, 0) is 43.9 Å². The van der Waals surface area contributed by atoms with Crippen molar-refractivity contribution in [3.05, 3.63) is 35.4 Å². The summed E-state index contributed by atoms with van der Waals surface area (Å²) in [4.78, 5) is 11.9. The van der Waals surface area contributed by atoms with E-state index in [-0.39, 0.29) is 11.4 Å². The smallest absolute Gasteiger partial charge is 0.251 e. The summed E-state index contributed by atoms with van der Waals surface area (Å²) in [6.07, 6.45) is 3.41. The summed E-state index contributed by atoms with van der Waals surface area (Å²) in [5.41, 5.74) is 1.97. The lowest BCUT2D eigenvalue weighted by Gasteiger charge is -2.39. The first kappa shape index (κ1) is 11.6. The number of halogens is 1. The van der Waals surface area contributed by atoms with Gasteiger partial charge in [0.1, 0.15) is 0 Å². The van der Waals surface area contributed by atoms with Crippen LogP contribution in [0, 0.1) is 0 Å². The molecule has 3 heteroatoms. The van der Waals surface area contributed by atoms with Gasteiger partial charge < -0.3 is 5.32 Å². The van der Waals surface area contributed by atoms with Crippen LogP contribution in [0.1, 0.15) is 42.1 Å². The third-order valence-electron chi connectivity index (χ3n) is 3.24. The van der Waals surface area contributed by atoms with Gasteiger partial charge in [0.15, 0.2) is 0 Å². The minimum absolute atomic E-state index is 0.0329. The SMILES string of the molecule is CC1(NC(=O)c2ccc(CBr)cc2)CCC1. The van der Waals surface area contributed by atoms with E-state index >= 15 is 0 Å². The highest BCUT2D eigenvalue weighted by atomic mass is 79.9. The summed E-state index contributed by atoms with van der Waals surface area (Å²) in [6.45, 7) is 2.11. The number of carbonyl (C=O) groups excluding carboxylic acids is 1. The average Bonchev–Trinajstić information content (AvgIpc) is 2.27. The van der Waals surface area contributed by atoms with Crippen molar-refractivity contribution in [3.8, 4) is 0 Å². The van der Waals surface area contributed by atoms with Crippen molar-refractivity contribution < 1.29 is 4.79 Å². The van der Waals surface area contributed by atoms with Crippen LogP contribution in [0.3, 0.4) is 0 Å². The molecule has 1 saturated carbocycles. The Morgan fingerprint density at radius 1 is 1.38 bits per heavy atom. The van der Waals surface area contributed by atoms with Crippen molar-refractivity contribution in [2.75, 3.05) is 0 Å². The molecule has 0 unspecified atom stereocenters. The molecular weight excluding hydrogens is 266 g/mol. The van der Waals surface area contributed by atoms with Crippen molar-refractivity contribution in [2.45, 2.75) is 37.1 Å². The summed E-state index contributed by atoms with van der Waals surface area (Å²) in [5.74, 6) is 0.0447. The highest BCUT2D eigenvalue weighted by Gasteiger charge is 2.33. The maximum Gasteiger partial charge on any atom is 0.251 e. The first-order valence-electron chi connectivity index (χ1n) is 5.60. The number of benzene rings is 1. The van der Waals surface area contributed by atoms with E-state index < -0.39 is 0 Å². The van der Waals surface area contributed by atoms with Crippen LogP contribution in [0.25, 0.3) is 0 Å². The van der Waals surface area contributed by atoms with Crippen molar-refractivity contribution in [1.29, 1.82) is 0 Å². The molecule has 0 saturated heterocycles. The van der Waals surface area contributed by atoms with Crippen molar-refractivity contribution in [1.82, 2.24) is 5.32 Å². The molecule has 1 aliphatic carbocycles. The molecule has 0 aromatic heterocycles. The lowest BCUT2D eigenvalue weighted by Crippen LogP contribution is -2.50. The van der Waals surface area contributed by atoms with Gasteiger partial charge in [0.2, 0.25) is 0 Å². The molecular formula is C13H16BrNO. The highest BCUT2D eigenvalue weighted by molar-refractivity contribution is 9.08. The van der Waals surface area contributed by atoms with Crippen LogP contribution in [0.5, 0.6) is 0 Å². The molecule has 1 amide bonds. The predicted octanol–water partition coefficient (Wildman–Crippen LogP) is 3.25.